The number of fused-ring (bicyclic) bond motifs is 1. The maximum absolute atomic E-state index is 5.84. The van der Waals surface area contributed by atoms with Crippen LogP contribution in [0.3, 0.4) is 0 Å². The molecule has 0 atom stereocenters. The number of thiazole rings is 1. The second kappa shape index (κ2) is 6.02. The third-order valence-corrected chi connectivity index (χ3v) is 4.27. The molecule has 116 valence electrons. The summed E-state index contributed by atoms with van der Waals surface area (Å²) in [6.07, 6.45) is 3.35. The van der Waals surface area contributed by atoms with Crippen LogP contribution in [0, 0.1) is 0 Å². The number of pyridine rings is 2. The molecule has 0 spiro atoms. The molecule has 0 aromatic carbocycles. The quantitative estimate of drug-likeness (QED) is 0.752. The Hall–Kier alpha value is -2.38. The Bertz CT molecular complexity index is 836. The van der Waals surface area contributed by atoms with E-state index in [1.807, 2.05) is 17.5 Å². The Labute approximate surface area is 141 Å². The number of anilines is 3. The van der Waals surface area contributed by atoms with E-state index in [2.05, 4.69) is 25.6 Å². The van der Waals surface area contributed by atoms with Gasteiger partial charge in [-0.2, -0.15) is 0 Å². The first-order valence-electron chi connectivity index (χ1n) is 7.00. The van der Waals surface area contributed by atoms with Crippen LogP contribution in [0.1, 0.15) is 0 Å². The van der Waals surface area contributed by atoms with Gasteiger partial charge in [-0.3, -0.25) is 0 Å². The smallest absolute Gasteiger partial charge is 0.188 e. The van der Waals surface area contributed by atoms with Crippen LogP contribution < -0.4 is 15.4 Å². The molecule has 8 heteroatoms. The Morgan fingerprint density at radius 1 is 1.26 bits per heavy atom. The van der Waals surface area contributed by atoms with Crippen molar-refractivity contribution < 1.29 is 4.74 Å². The second-order valence-corrected chi connectivity index (χ2v) is 6.13. The molecule has 3 aromatic heterocycles. The summed E-state index contributed by atoms with van der Waals surface area (Å²) in [5, 5.41) is 9.73. The van der Waals surface area contributed by atoms with Crippen LogP contribution >= 0.6 is 22.9 Å². The van der Waals surface area contributed by atoms with Crippen molar-refractivity contribution in [3.8, 4) is 17.0 Å². The molecule has 0 aliphatic carbocycles. The van der Waals surface area contributed by atoms with Gasteiger partial charge in [0.2, 0.25) is 0 Å². The molecule has 1 aliphatic heterocycles. The second-order valence-electron chi connectivity index (χ2n) is 4.84. The summed E-state index contributed by atoms with van der Waals surface area (Å²) in [6, 6.07) is 5.50. The predicted molar refractivity (Wildman–Crippen MR) is 91.9 cm³/mol. The summed E-state index contributed by atoms with van der Waals surface area (Å²) in [4.78, 5) is 13.1. The lowest BCUT2D eigenvalue weighted by molar-refractivity contribution is 0.322. The van der Waals surface area contributed by atoms with Gasteiger partial charge in [0.05, 0.1) is 17.3 Å². The number of nitrogens with one attached hydrogen (secondary N) is 2. The van der Waals surface area contributed by atoms with Gasteiger partial charge in [0.25, 0.3) is 0 Å². The lowest BCUT2D eigenvalue weighted by atomic mass is 10.2. The normalized spacial score (nSPS) is 12.9. The van der Waals surface area contributed by atoms with Crippen LogP contribution in [0.15, 0.2) is 36.0 Å². The summed E-state index contributed by atoms with van der Waals surface area (Å²) in [7, 11) is 0. The number of halogens is 1. The molecule has 6 nitrogen and oxygen atoms in total. The molecule has 0 amide bonds. The minimum Gasteiger partial charge on any atom is -0.487 e. The highest BCUT2D eigenvalue weighted by Gasteiger charge is 2.18. The maximum Gasteiger partial charge on any atom is 0.188 e. The number of ether oxygens (including phenoxy) is 1. The van der Waals surface area contributed by atoms with Crippen molar-refractivity contribution in [2.45, 2.75) is 0 Å². The van der Waals surface area contributed by atoms with Gasteiger partial charge in [0.1, 0.15) is 12.4 Å². The summed E-state index contributed by atoms with van der Waals surface area (Å²) in [6.45, 7) is 1.38. The van der Waals surface area contributed by atoms with E-state index in [0.29, 0.717) is 17.4 Å². The van der Waals surface area contributed by atoms with E-state index in [0.717, 1.165) is 34.5 Å². The van der Waals surface area contributed by atoms with Crippen LogP contribution in [0.5, 0.6) is 5.75 Å². The Kier molecular flexibility index (Phi) is 3.72. The highest BCUT2D eigenvalue weighted by Crippen LogP contribution is 2.37. The highest BCUT2D eigenvalue weighted by atomic mass is 35.5. The number of rotatable bonds is 3. The Morgan fingerprint density at radius 2 is 2.22 bits per heavy atom. The summed E-state index contributed by atoms with van der Waals surface area (Å²) >= 11 is 7.34. The van der Waals surface area contributed by atoms with Crippen molar-refractivity contribution in [1.82, 2.24) is 15.0 Å². The van der Waals surface area contributed by atoms with E-state index in [1.54, 1.807) is 18.5 Å². The van der Waals surface area contributed by atoms with Crippen molar-refractivity contribution in [3.63, 3.8) is 0 Å². The Morgan fingerprint density at radius 3 is 3.09 bits per heavy atom. The van der Waals surface area contributed by atoms with Gasteiger partial charge in [0, 0.05) is 23.3 Å². The molecule has 1 aliphatic rings. The lowest BCUT2D eigenvalue weighted by Crippen LogP contribution is -2.19. The average molecular weight is 346 g/mol. The largest absolute Gasteiger partial charge is 0.487 e. The van der Waals surface area contributed by atoms with Gasteiger partial charge in [0.15, 0.2) is 16.7 Å². The van der Waals surface area contributed by atoms with Gasteiger partial charge in [-0.15, -0.1) is 11.3 Å². The van der Waals surface area contributed by atoms with Crippen molar-refractivity contribution in [2.75, 3.05) is 23.8 Å². The Balaban J connectivity index is 1.62. The third kappa shape index (κ3) is 2.93. The fraction of sp³-hybridized carbons (Fsp3) is 0.133. The van der Waals surface area contributed by atoms with Crippen molar-refractivity contribution in [2.24, 2.45) is 0 Å². The van der Waals surface area contributed by atoms with Crippen LogP contribution in [-0.2, 0) is 0 Å². The van der Waals surface area contributed by atoms with Gasteiger partial charge in [-0.25, -0.2) is 15.0 Å². The fourth-order valence-electron chi connectivity index (χ4n) is 2.26. The third-order valence-electron chi connectivity index (χ3n) is 3.29. The average Bonchev–Trinajstić information content (AvgIpc) is 3.05. The highest BCUT2D eigenvalue weighted by molar-refractivity contribution is 7.14. The van der Waals surface area contributed by atoms with E-state index in [9.17, 15) is 0 Å². The molecule has 2 N–H and O–H groups in total. The zero-order valence-electron chi connectivity index (χ0n) is 11.9. The number of nitrogens with zero attached hydrogens (tertiary/aromatic N) is 3. The number of aromatic nitrogens is 3. The molecule has 0 saturated carbocycles. The number of hydrogen-bond donors (Lipinski definition) is 2. The standard InChI is InChI=1S/C15H12ClN5OS/c16-9-1-2-12(19-7-9)21-15-20-11(8-23-15)10-3-4-17-14-13(10)22-6-5-18-14/h1-4,7-8H,5-6H2,(H,17,18)(H,19,20,21). The van der Waals surface area contributed by atoms with Crippen LogP contribution in [0.2, 0.25) is 5.02 Å². The zero-order valence-corrected chi connectivity index (χ0v) is 13.5. The van der Waals surface area contributed by atoms with Gasteiger partial charge in [-0.05, 0) is 18.2 Å². The van der Waals surface area contributed by atoms with Crippen molar-refractivity contribution >= 4 is 39.7 Å². The van der Waals surface area contributed by atoms with E-state index in [-0.39, 0.29) is 0 Å². The zero-order chi connectivity index (χ0) is 15.6. The molecule has 0 bridgehead atoms. The summed E-state index contributed by atoms with van der Waals surface area (Å²) in [5.74, 6) is 2.21. The van der Waals surface area contributed by atoms with Crippen molar-refractivity contribution in [3.05, 3.63) is 41.0 Å². The van der Waals surface area contributed by atoms with Crippen LogP contribution in [0.4, 0.5) is 16.8 Å². The SMILES string of the molecule is Clc1ccc(Nc2nc(-c3ccnc4c3OCCN4)cs2)nc1. The minimum absolute atomic E-state index is 0.600. The topological polar surface area (TPSA) is 72.0 Å². The molecule has 3 aromatic rings. The van der Waals surface area contributed by atoms with Gasteiger partial charge in [-0.1, -0.05) is 11.6 Å². The van der Waals surface area contributed by atoms with Crippen LogP contribution in [0.25, 0.3) is 11.3 Å². The van der Waals surface area contributed by atoms with E-state index in [1.165, 1.54) is 11.3 Å². The first-order valence-corrected chi connectivity index (χ1v) is 8.25. The van der Waals surface area contributed by atoms with Crippen LogP contribution in [-0.4, -0.2) is 28.1 Å². The molecular weight excluding hydrogens is 334 g/mol. The fourth-order valence-corrected chi connectivity index (χ4v) is 3.09. The first kappa shape index (κ1) is 14.2. The molecule has 0 fully saturated rings. The summed E-state index contributed by atoms with van der Waals surface area (Å²) in [5.41, 5.74) is 1.77. The molecular formula is C15H12ClN5OS. The van der Waals surface area contributed by atoms with E-state index in [4.69, 9.17) is 16.3 Å². The number of hydrogen-bond acceptors (Lipinski definition) is 7. The molecule has 0 unspecified atom stereocenters. The minimum atomic E-state index is 0.600. The molecule has 4 heterocycles. The summed E-state index contributed by atoms with van der Waals surface area (Å²) < 4.78 is 5.74. The van der Waals surface area contributed by atoms with E-state index < -0.39 is 0 Å². The first-order chi connectivity index (χ1) is 11.3. The molecule has 4 rings (SSSR count). The maximum atomic E-state index is 5.84. The molecule has 0 saturated heterocycles. The molecule has 23 heavy (non-hydrogen) atoms. The monoisotopic (exact) mass is 345 g/mol. The predicted octanol–water partition coefficient (Wildman–Crippen LogP) is 3.80. The van der Waals surface area contributed by atoms with Gasteiger partial charge < -0.3 is 15.4 Å². The lowest BCUT2D eigenvalue weighted by Gasteiger charge is -2.19. The van der Waals surface area contributed by atoms with Crippen molar-refractivity contribution in [1.29, 1.82) is 0 Å². The van der Waals surface area contributed by atoms with Gasteiger partial charge >= 0.3 is 0 Å². The van der Waals surface area contributed by atoms with E-state index >= 15 is 0 Å². The molecule has 0 radical (unpaired) electrons.